The van der Waals surface area contributed by atoms with Crippen molar-refractivity contribution in [1.82, 2.24) is 0 Å². The molecule has 0 aliphatic heterocycles. The van der Waals surface area contributed by atoms with E-state index in [-0.39, 0.29) is 5.41 Å². The van der Waals surface area contributed by atoms with Crippen LogP contribution in [0.1, 0.15) is 51.7 Å². The summed E-state index contributed by atoms with van der Waals surface area (Å²) < 4.78 is 0. The Morgan fingerprint density at radius 3 is 2.07 bits per heavy atom. The van der Waals surface area contributed by atoms with Crippen molar-refractivity contribution in [1.29, 1.82) is 0 Å². The van der Waals surface area contributed by atoms with Crippen LogP contribution in [0.4, 0.5) is 0 Å². The molecule has 0 unspecified atom stereocenters. The second-order valence-corrected chi connectivity index (χ2v) is 5.51. The molecule has 0 bridgehead atoms. The first-order valence-corrected chi connectivity index (χ1v) is 5.50. The van der Waals surface area contributed by atoms with Crippen molar-refractivity contribution in [2.24, 2.45) is 0 Å². The van der Waals surface area contributed by atoms with Crippen LogP contribution < -0.4 is 0 Å². The van der Waals surface area contributed by atoms with Crippen LogP contribution in [-0.2, 0) is 5.41 Å². The summed E-state index contributed by atoms with van der Waals surface area (Å²) in [6, 6.07) is 6.20. The van der Waals surface area contributed by atoms with Gasteiger partial charge in [-0.05, 0) is 28.5 Å². The zero-order valence-corrected chi connectivity index (χ0v) is 10.4. The first-order chi connectivity index (χ1) is 6.34. The van der Waals surface area contributed by atoms with Gasteiger partial charge < -0.3 is 0 Å². The van der Waals surface area contributed by atoms with Gasteiger partial charge in [0.05, 0.1) is 0 Å². The zero-order valence-electron chi connectivity index (χ0n) is 9.69. The van der Waals surface area contributed by atoms with Crippen LogP contribution in [0.3, 0.4) is 0 Å². The van der Waals surface area contributed by atoms with E-state index >= 15 is 0 Å². The first-order valence-electron chi connectivity index (χ1n) is 5.13. The molecular weight excluding hydrogens is 192 g/mol. The molecule has 1 aromatic carbocycles. The molecule has 0 aliphatic rings. The van der Waals surface area contributed by atoms with Crippen LogP contribution in [0, 0.1) is 0 Å². The van der Waals surface area contributed by atoms with Crippen molar-refractivity contribution in [3.63, 3.8) is 0 Å². The highest BCUT2D eigenvalue weighted by Gasteiger charge is 2.20. The maximum atomic E-state index is 6.23. The fourth-order valence-corrected chi connectivity index (χ4v) is 2.17. The Bertz CT molecular complexity index is 318. The third kappa shape index (κ3) is 2.30. The van der Waals surface area contributed by atoms with Crippen LogP contribution >= 0.6 is 11.6 Å². The molecule has 0 heterocycles. The van der Waals surface area contributed by atoms with Crippen LogP contribution in [0.2, 0.25) is 5.02 Å². The lowest BCUT2D eigenvalue weighted by Gasteiger charge is -2.25. The molecule has 14 heavy (non-hydrogen) atoms. The maximum Gasteiger partial charge on any atom is 0.0443 e. The average Bonchev–Trinajstić information content (AvgIpc) is 2.01. The van der Waals surface area contributed by atoms with Gasteiger partial charge in [-0.25, -0.2) is 0 Å². The van der Waals surface area contributed by atoms with Crippen molar-refractivity contribution in [3.8, 4) is 0 Å². The van der Waals surface area contributed by atoms with Crippen molar-refractivity contribution in [3.05, 3.63) is 34.3 Å². The van der Waals surface area contributed by atoms with E-state index in [2.05, 4.69) is 40.7 Å². The lowest BCUT2D eigenvalue weighted by atomic mass is 9.81. The number of benzene rings is 1. The molecular formula is C13H19Cl. The standard InChI is InChI=1S/C13H19Cl/c1-9(2)12-10(13(3,4)5)7-6-8-11(12)14/h6-9H,1-5H3. The quantitative estimate of drug-likeness (QED) is 0.627. The summed E-state index contributed by atoms with van der Waals surface area (Å²) in [5.41, 5.74) is 2.83. The van der Waals surface area contributed by atoms with Crippen LogP contribution in [0.25, 0.3) is 0 Å². The minimum absolute atomic E-state index is 0.171. The molecule has 1 rings (SSSR count). The van der Waals surface area contributed by atoms with E-state index in [1.54, 1.807) is 0 Å². The lowest BCUT2D eigenvalue weighted by Crippen LogP contribution is -2.15. The number of hydrogen-bond donors (Lipinski definition) is 0. The summed E-state index contributed by atoms with van der Waals surface area (Å²) in [7, 11) is 0. The van der Waals surface area contributed by atoms with Crippen LogP contribution in [-0.4, -0.2) is 0 Å². The summed E-state index contributed by atoms with van der Waals surface area (Å²) in [4.78, 5) is 0. The van der Waals surface area contributed by atoms with Crippen molar-refractivity contribution in [2.45, 2.75) is 46.0 Å². The largest absolute Gasteiger partial charge is 0.0840 e. The SMILES string of the molecule is CC(C)c1c(Cl)cccc1C(C)(C)C. The number of halogens is 1. The van der Waals surface area contributed by atoms with E-state index in [9.17, 15) is 0 Å². The highest BCUT2D eigenvalue weighted by atomic mass is 35.5. The molecule has 0 radical (unpaired) electrons. The monoisotopic (exact) mass is 210 g/mol. The number of rotatable bonds is 1. The summed E-state index contributed by atoms with van der Waals surface area (Å²) in [5, 5.41) is 0.896. The van der Waals surface area contributed by atoms with E-state index in [1.807, 2.05) is 12.1 Å². The molecule has 0 aromatic heterocycles. The van der Waals surface area contributed by atoms with E-state index in [0.29, 0.717) is 5.92 Å². The molecule has 0 N–H and O–H groups in total. The van der Waals surface area contributed by atoms with Gasteiger partial charge in [-0.15, -0.1) is 0 Å². The Morgan fingerprint density at radius 2 is 1.71 bits per heavy atom. The fourth-order valence-electron chi connectivity index (χ4n) is 1.78. The summed E-state index contributed by atoms with van der Waals surface area (Å²) in [5.74, 6) is 0.484. The highest BCUT2D eigenvalue weighted by molar-refractivity contribution is 6.31. The smallest absolute Gasteiger partial charge is 0.0443 e. The van der Waals surface area contributed by atoms with Gasteiger partial charge in [0.1, 0.15) is 0 Å². The number of hydrogen-bond acceptors (Lipinski definition) is 0. The maximum absolute atomic E-state index is 6.23. The Labute approximate surface area is 92.3 Å². The summed E-state index contributed by atoms with van der Waals surface area (Å²) >= 11 is 6.23. The van der Waals surface area contributed by atoms with Gasteiger partial charge in [0.15, 0.2) is 0 Å². The van der Waals surface area contributed by atoms with Crippen LogP contribution in [0.15, 0.2) is 18.2 Å². The van der Waals surface area contributed by atoms with Gasteiger partial charge in [-0.1, -0.05) is 58.4 Å². The summed E-state index contributed by atoms with van der Waals surface area (Å²) in [6.07, 6.45) is 0. The molecule has 78 valence electrons. The Morgan fingerprint density at radius 1 is 1.14 bits per heavy atom. The first kappa shape index (κ1) is 11.6. The van der Waals surface area contributed by atoms with Gasteiger partial charge in [-0.2, -0.15) is 0 Å². The molecule has 0 atom stereocenters. The topological polar surface area (TPSA) is 0 Å². The third-order valence-corrected chi connectivity index (χ3v) is 2.77. The molecule has 0 fully saturated rings. The minimum Gasteiger partial charge on any atom is -0.0840 e. The highest BCUT2D eigenvalue weighted by Crippen LogP contribution is 2.34. The predicted octanol–water partition coefficient (Wildman–Crippen LogP) is 4.76. The fraction of sp³-hybridized carbons (Fsp3) is 0.538. The minimum atomic E-state index is 0.171. The van der Waals surface area contributed by atoms with Gasteiger partial charge in [0.25, 0.3) is 0 Å². The zero-order chi connectivity index (χ0) is 10.9. The van der Waals surface area contributed by atoms with Crippen molar-refractivity contribution < 1.29 is 0 Å². The average molecular weight is 211 g/mol. The Hall–Kier alpha value is -0.490. The molecule has 1 heteroatoms. The second-order valence-electron chi connectivity index (χ2n) is 5.11. The van der Waals surface area contributed by atoms with Gasteiger partial charge in [0.2, 0.25) is 0 Å². The molecule has 0 saturated heterocycles. The van der Waals surface area contributed by atoms with E-state index < -0.39 is 0 Å². The van der Waals surface area contributed by atoms with E-state index in [4.69, 9.17) is 11.6 Å². The van der Waals surface area contributed by atoms with E-state index in [1.165, 1.54) is 11.1 Å². The van der Waals surface area contributed by atoms with E-state index in [0.717, 1.165) is 5.02 Å². The molecule has 0 spiro atoms. The third-order valence-electron chi connectivity index (χ3n) is 2.44. The molecule has 0 saturated carbocycles. The molecule has 0 nitrogen and oxygen atoms in total. The molecule has 0 aliphatic carbocycles. The lowest BCUT2D eigenvalue weighted by molar-refractivity contribution is 0.577. The van der Waals surface area contributed by atoms with Crippen molar-refractivity contribution >= 4 is 11.6 Å². The molecule has 0 amide bonds. The Kier molecular flexibility index (Phi) is 3.26. The molecule has 1 aromatic rings. The van der Waals surface area contributed by atoms with Gasteiger partial charge in [0, 0.05) is 5.02 Å². The normalized spacial score (nSPS) is 12.2. The summed E-state index contributed by atoms with van der Waals surface area (Å²) in [6.45, 7) is 11.1. The van der Waals surface area contributed by atoms with Gasteiger partial charge >= 0.3 is 0 Å². The van der Waals surface area contributed by atoms with Crippen molar-refractivity contribution in [2.75, 3.05) is 0 Å². The van der Waals surface area contributed by atoms with Crippen LogP contribution in [0.5, 0.6) is 0 Å². The second kappa shape index (κ2) is 3.94. The van der Waals surface area contributed by atoms with Gasteiger partial charge in [-0.3, -0.25) is 0 Å². The Balaban J connectivity index is 3.36. The predicted molar refractivity (Wildman–Crippen MR) is 64.2 cm³/mol.